The lowest BCUT2D eigenvalue weighted by atomic mass is 9.95. The number of nitrogens with one attached hydrogen (secondary N) is 2. The van der Waals surface area contributed by atoms with E-state index in [9.17, 15) is 14.4 Å². The third-order valence-electron chi connectivity index (χ3n) is 5.57. The standard InChI is InChI=1S/C25H27N5O7S/c1-4-30-22(18-7-6-12-36-18)28-29-25(30)38-14-19(31)37-13-17-20(23(32)35-5-2)21(27-24(33)26-17)15-8-10-16(34-3)11-9-15/h6-12,21H,4-5,13-14H2,1-3H3,(H2,26,27,33). The van der Waals surface area contributed by atoms with Gasteiger partial charge in [-0.05, 0) is 43.7 Å². The average molecular weight is 542 g/mol. The van der Waals surface area contributed by atoms with E-state index < -0.39 is 24.0 Å². The fourth-order valence-corrected chi connectivity index (χ4v) is 4.61. The van der Waals surface area contributed by atoms with Crippen molar-refractivity contribution in [3.63, 3.8) is 0 Å². The molecule has 0 bridgehead atoms. The van der Waals surface area contributed by atoms with Crippen LogP contribution >= 0.6 is 11.8 Å². The van der Waals surface area contributed by atoms with Crippen LogP contribution in [-0.4, -0.2) is 58.8 Å². The first-order valence-corrected chi connectivity index (χ1v) is 12.8. The molecule has 2 aromatic heterocycles. The fourth-order valence-electron chi connectivity index (χ4n) is 3.81. The molecule has 38 heavy (non-hydrogen) atoms. The molecule has 2 N–H and O–H groups in total. The molecule has 200 valence electrons. The molecule has 4 rings (SSSR count). The smallest absolute Gasteiger partial charge is 0.338 e. The number of hydrogen-bond donors (Lipinski definition) is 2. The van der Waals surface area contributed by atoms with Crippen LogP contribution in [0.2, 0.25) is 0 Å². The number of methoxy groups -OCH3 is 1. The minimum Gasteiger partial charge on any atom is -0.497 e. The van der Waals surface area contributed by atoms with Gasteiger partial charge in [-0.2, -0.15) is 0 Å². The van der Waals surface area contributed by atoms with E-state index in [0.29, 0.717) is 34.6 Å². The van der Waals surface area contributed by atoms with Crippen molar-refractivity contribution in [3.8, 4) is 17.3 Å². The lowest BCUT2D eigenvalue weighted by molar-refractivity contribution is -0.141. The minimum atomic E-state index is -0.806. The zero-order valence-electron chi connectivity index (χ0n) is 21.1. The predicted octanol–water partition coefficient (Wildman–Crippen LogP) is 3.07. The number of ether oxygens (including phenoxy) is 3. The van der Waals surface area contributed by atoms with Crippen LogP contribution in [0.25, 0.3) is 11.6 Å². The molecule has 2 amide bonds. The van der Waals surface area contributed by atoms with Crippen molar-refractivity contribution >= 4 is 29.7 Å². The van der Waals surface area contributed by atoms with Crippen molar-refractivity contribution in [2.45, 2.75) is 31.6 Å². The molecule has 0 spiro atoms. The molecule has 1 unspecified atom stereocenters. The summed E-state index contributed by atoms with van der Waals surface area (Å²) in [6, 6.07) is 9.09. The zero-order chi connectivity index (χ0) is 27.1. The number of nitrogens with zero attached hydrogens (tertiary/aromatic N) is 3. The van der Waals surface area contributed by atoms with E-state index in [1.54, 1.807) is 56.7 Å². The fraction of sp³-hybridized carbons (Fsp3) is 0.320. The Labute approximate surface area is 222 Å². The Kier molecular flexibility index (Phi) is 8.69. The lowest BCUT2D eigenvalue weighted by Crippen LogP contribution is -2.47. The first kappa shape index (κ1) is 26.8. The van der Waals surface area contributed by atoms with Crippen molar-refractivity contribution in [2.24, 2.45) is 0 Å². The van der Waals surface area contributed by atoms with Crippen LogP contribution < -0.4 is 15.4 Å². The van der Waals surface area contributed by atoms with E-state index in [4.69, 9.17) is 18.6 Å². The van der Waals surface area contributed by atoms with Crippen LogP contribution in [0.15, 0.2) is 63.5 Å². The number of rotatable bonds is 11. The molecule has 1 aromatic carbocycles. The lowest BCUT2D eigenvalue weighted by Gasteiger charge is -2.29. The Morgan fingerprint density at radius 3 is 2.58 bits per heavy atom. The van der Waals surface area contributed by atoms with Crippen molar-refractivity contribution in [2.75, 3.05) is 26.1 Å². The summed E-state index contributed by atoms with van der Waals surface area (Å²) in [6.45, 7) is 3.99. The average Bonchev–Trinajstić information content (AvgIpc) is 3.60. The maximum absolute atomic E-state index is 12.9. The molecule has 1 aliphatic rings. The second-order valence-electron chi connectivity index (χ2n) is 7.89. The summed E-state index contributed by atoms with van der Waals surface area (Å²) in [5.74, 6) is 0.483. The normalized spacial score (nSPS) is 15.0. The van der Waals surface area contributed by atoms with Gasteiger partial charge in [0.1, 0.15) is 12.4 Å². The van der Waals surface area contributed by atoms with Gasteiger partial charge in [0.2, 0.25) is 0 Å². The molecular weight excluding hydrogens is 514 g/mol. The quantitative estimate of drug-likeness (QED) is 0.274. The number of carbonyl (C=O) groups excluding carboxylic acids is 3. The van der Waals surface area contributed by atoms with E-state index >= 15 is 0 Å². The van der Waals surface area contributed by atoms with E-state index in [2.05, 4.69) is 20.8 Å². The Morgan fingerprint density at radius 2 is 1.92 bits per heavy atom. The molecule has 0 fully saturated rings. The van der Waals surface area contributed by atoms with Gasteiger partial charge in [0, 0.05) is 6.54 Å². The van der Waals surface area contributed by atoms with Crippen LogP contribution in [-0.2, 0) is 25.6 Å². The molecular formula is C25H27N5O7S. The Hall–Kier alpha value is -4.26. The van der Waals surface area contributed by atoms with Crippen LogP contribution in [0.4, 0.5) is 4.79 Å². The van der Waals surface area contributed by atoms with Gasteiger partial charge in [0.25, 0.3) is 0 Å². The summed E-state index contributed by atoms with van der Waals surface area (Å²) in [6.07, 6.45) is 1.55. The second kappa shape index (κ2) is 12.3. The molecule has 12 nitrogen and oxygen atoms in total. The molecule has 0 radical (unpaired) electrons. The summed E-state index contributed by atoms with van der Waals surface area (Å²) in [5.41, 5.74) is 0.920. The highest BCUT2D eigenvalue weighted by atomic mass is 32.2. The van der Waals surface area contributed by atoms with Gasteiger partial charge < -0.3 is 29.3 Å². The number of hydrogen-bond acceptors (Lipinski definition) is 10. The molecule has 0 saturated heterocycles. The number of urea groups is 1. The van der Waals surface area contributed by atoms with E-state index in [1.165, 1.54) is 0 Å². The number of esters is 2. The summed E-state index contributed by atoms with van der Waals surface area (Å²) in [5, 5.41) is 14.1. The van der Waals surface area contributed by atoms with Crippen LogP contribution in [0.3, 0.4) is 0 Å². The first-order chi connectivity index (χ1) is 18.4. The SMILES string of the molecule is CCOC(=O)C1=C(COC(=O)CSc2nnc(-c3ccco3)n2CC)NC(=O)NC1c1ccc(OC)cc1. The molecule has 1 aliphatic heterocycles. The number of aromatic nitrogens is 3. The number of carbonyl (C=O) groups is 3. The van der Waals surface area contributed by atoms with E-state index in [-0.39, 0.29) is 30.2 Å². The highest BCUT2D eigenvalue weighted by Gasteiger charge is 2.34. The van der Waals surface area contributed by atoms with Crippen LogP contribution in [0.5, 0.6) is 5.75 Å². The van der Waals surface area contributed by atoms with Crippen molar-refractivity contribution in [1.29, 1.82) is 0 Å². The maximum atomic E-state index is 12.9. The van der Waals surface area contributed by atoms with Crippen molar-refractivity contribution in [3.05, 3.63) is 59.5 Å². The van der Waals surface area contributed by atoms with Gasteiger partial charge in [-0.15, -0.1) is 10.2 Å². The monoisotopic (exact) mass is 541 g/mol. The Morgan fingerprint density at radius 1 is 1.13 bits per heavy atom. The van der Waals surface area contributed by atoms with Gasteiger partial charge in [-0.1, -0.05) is 23.9 Å². The van der Waals surface area contributed by atoms with Gasteiger partial charge in [0.05, 0.1) is 43.0 Å². The highest BCUT2D eigenvalue weighted by Crippen LogP contribution is 2.29. The number of furan rings is 1. The zero-order valence-corrected chi connectivity index (χ0v) is 21.9. The van der Waals surface area contributed by atoms with E-state index in [0.717, 1.165) is 11.8 Å². The Bertz CT molecular complexity index is 1320. The van der Waals surface area contributed by atoms with Gasteiger partial charge in [0.15, 0.2) is 16.7 Å². The van der Waals surface area contributed by atoms with Gasteiger partial charge >= 0.3 is 18.0 Å². The summed E-state index contributed by atoms with van der Waals surface area (Å²) < 4.78 is 23.1. The summed E-state index contributed by atoms with van der Waals surface area (Å²) in [4.78, 5) is 37.9. The molecule has 3 aromatic rings. The topological polar surface area (TPSA) is 147 Å². The van der Waals surface area contributed by atoms with Crippen molar-refractivity contribution < 1.29 is 33.0 Å². The third-order valence-corrected chi connectivity index (χ3v) is 6.51. The third kappa shape index (κ3) is 5.99. The molecule has 1 atom stereocenters. The first-order valence-electron chi connectivity index (χ1n) is 11.8. The highest BCUT2D eigenvalue weighted by molar-refractivity contribution is 7.99. The van der Waals surface area contributed by atoms with E-state index in [1.807, 2.05) is 11.5 Å². The predicted molar refractivity (Wildman–Crippen MR) is 136 cm³/mol. The largest absolute Gasteiger partial charge is 0.497 e. The summed E-state index contributed by atoms with van der Waals surface area (Å²) in [7, 11) is 1.54. The molecule has 3 heterocycles. The number of benzene rings is 1. The number of amides is 2. The Balaban J connectivity index is 1.48. The molecule has 13 heteroatoms. The van der Waals surface area contributed by atoms with Gasteiger partial charge in [-0.3, -0.25) is 9.36 Å². The van der Waals surface area contributed by atoms with Crippen molar-refractivity contribution in [1.82, 2.24) is 25.4 Å². The summed E-state index contributed by atoms with van der Waals surface area (Å²) >= 11 is 1.15. The van der Waals surface area contributed by atoms with Gasteiger partial charge in [-0.25, -0.2) is 9.59 Å². The minimum absolute atomic E-state index is 0.0631. The van der Waals surface area contributed by atoms with Crippen LogP contribution in [0, 0.1) is 0 Å². The molecule has 0 saturated carbocycles. The van der Waals surface area contributed by atoms with Crippen LogP contribution in [0.1, 0.15) is 25.5 Å². The second-order valence-corrected chi connectivity index (χ2v) is 8.84. The molecule has 0 aliphatic carbocycles. The maximum Gasteiger partial charge on any atom is 0.338 e. The number of thioether (sulfide) groups is 1.